The highest BCUT2D eigenvalue weighted by Gasteiger charge is 2.14. The van der Waals surface area contributed by atoms with Crippen LogP contribution in [0.15, 0.2) is 30.6 Å². The molecule has 17 heavy (non-hydrogen) atoms. The Morgan fingerprint density at radius 3 is 2.41 bits per heavy atom. The molecule has 6 heteroatoms. The van der Waals surface area contributed by atoms with Crippen LogP contribution in [0, 0.1) is 0 Å². The maximum atomic E-state index is 6.05. The normalized spacial score (nSPS) is 12.4. The van der Waals surface area contributed by atoms with Crippen molar-refractivity contribution in [2.24, 2.45) is 5.73 Å². The van der Waals surface area contributed by atoms with Gasteiger partial charge >= 0.3 is 0 Å². The maximum Gasteiger partial charge on any atom is 0.128 e. The first-order valence-corrected chi connectivity index (χ1v) is 5.61. The molecule has 0 saturated carbocycles. The fraction of sp³-hybridized carbons (Fsp3) is 0.0909. The average molecular weight is 269 g/mol. The van der Waals surface area contributed by atoms with Crippen molar-refractivity contribution < 1.29 is 0 Å². The summed E-state index contributed by atoms with van der Waals surface area (Å²) in [6, 6.07) is 4.68. The Hall–Kier alpha value is -1.36. The number of hydrogen-bond donors (Lipinski definition) is 2. The third-order valence-corrected chi connectivity index (χ3v) is 2.75. The van der Waals surface area contributed by atoms with Crippen molar-refractivity contribution in [3.63, 3.8) is 0 Å². The summed E-state index contributed by atoms with van der Waals surface area (Å²) in [5.41, 5.74) is 13.1. The smallest absolute Gasteiger partial charge is 0.128 e. The fourth-order valence-corrected chi connectivity index (χ4v) is 1.72. The number of anilines is 1. The van der Waals surface area contributed by atoms with E-state index < -0.39 is 6.04 Å². The zero-order chi connectivity index (χ0) is 12.4. The average Bonchev–Trinajstić information content (AvgIpc) is 2.32. The molecule has 0 spiro atoms. The molecule has 0 bridgehead atoms. The monoisotopic (exact) mass is 268 g/mol. The molecule has 2 aromatic rings. The van der Waals surface area contributed by atoms with E-state index in [9.17, 15) is 0 Å². The summed E-state index contributed by atoms with van der Waals surface area (Å²) >= 11 is 11.6. The van der Waals surface area contributed by atoms with Crippen LogP contribution in [0.3, 0.4) is 0 Å². The number of nitrogen functional groups attached to an aromatic ring is 1. The molecule has 0 saturated heterocycles. The summed E-state index contributed by atoms with van der Waals surface area (Å²) in [7, 11) is 0. The van der Waals surface area contributed by atoms with Crippen LogP contribution >= 0.6 is 23.2 Å². The van der Waals surface area contributed by atoms with Crippen LogP contribution in [0.25, 0.3) is 0 Å². The van der Waals surface area contributed by atoms with Crippen molar-refractivity contribution in [3.8, 4) is 0 Å². The lowest BCUT2D eigenvalue weighted by molar-refractivity contribution is 0.826. The van der Waals surface area contributed by atoms with Gasteiger partial charge in [0, 0.05) is 18.0 Å². The van der Waals surface area contributed by atoms with Gasteiger partial charge in [0.15, 0.2) is 0 Å². The quantitative estimate of drug-likeness (QED) is 0.877. The van der Waals surface area contributed by atoms with E-state index in [1.807, 2.05) is 0 Å². The van der Waals surface area contributed by atoms with E-state index in [1.165, 1.54) is 12.4 Å². The largest absolute Gasteiger partial charge is 0.383 e. The SMILES string of the molecule is Nc1ncc(Cl)cc1C(N)c1ccc(Cl)cn1. The molecule has 0 aromatic carbocycles. The van der Waals surface area contributed by atoms with Gasteiger partial charge in [0.2, 0.25) is 0 Å². The van der Waals surface area contributed by atoms with Gasteiger partial charge in [-0.1, -0.05) is 23.2 Å². The molecular weight excluding hydrogens is 259 g/mol. The molecule has 2 rings (SSSR count). The minimum absolute atomic E-state index is 0.346. The second kappa shape index (κ2) is 4.87. The number of rotatable bonds is 2. The van der Waals surface area contributed by atoms with Gasteiger partial charge in [-0.25, -0.2) is 4.98 Å². The van der Waals surface area contributed by atoms with Crippen LogP contribution in [0.2, 0.25) is 10.0 Å². The van der Waals surface area contributed by atoms with Crippen LogP contribution in [0.5, 0.6) is 0 Å². The van der Waals surface area contributed by atoms with Gasteiger partial charge in [0.1, 0.15) is 5.82 Å². The van der Waals surface area contributed by atoms with E-state index in [4.69, 9.17) is 34.7 Å². The maximum absolute atomic E-state index is 6.05. The summed E-state index contributed by atoms with van der Waals surface area (Å²) < 4.78 is 0. The molecular formula is C11H10Cl2N4. The standard InChI is InChI=1S/C11H10Cl2N4/c12-6-1-2-9(16-4-6)10(14)8-3-7(13)5-17-11(8)15/h1-5,10H,14H2,(H2,15,17). The second-order valence-electron chi connectivity index (χ2n) is 3.51. The van der Waals surface area contributed by atoms with Crippen molar-refractivity contribution in [1.82, 2.24) is 9.97 Å². The van der Waals surface area contributed by atoms with Crippen molar-refractivity contribution >= 4 is 29.0 Å². The molecule has 2 heterocycles. The van der Waals surface area contributed by atoms with Crippen molar-refractivity contribution in [1.29, 1.82) is 0 Å². The lowest BCUT2D eigenvalue weighted by Crippen LogP contribution is -2.16. The Kier molecular flexibility index (Phi) is 3.47. The number of hydrogen-bond acceptors (Lipinski definition) is 4. The zero-order valence-corrected chi connectivity index (χ0v) is 10.3. The minimum Gasteiger partial charge on any atom is -0.383 e. The van der Waals surface area contributed by atoms with Crippen LogP contribution < -0.4 is 11.5 Å². The van der Waals surface area contributed by atoms with Gasteiger partial charge in [0.05, 0.1) is 21.8 Å². The van der Waals surface area contributed by atoms with Gasteiger partial charge in [-0.05, 0) is 18.2 Å². The predicted molar refractivity (Wildman–Crippen MR) is 68.9 cm³/mol. The number of halogens is 2. The summed E-state index contributed by atoms with van der Waals surface area (Å²) in [6.07, 6.45) is 3.01. The Balaban J connectivity index is 2.39. The first-order chi connectivity index (χ1) is 8.08. The highest BCUT2D eigenvalue weighted by atomic mass is 35.5. The predicted octanol–water partition coefficient (Wildman–Crippen LogP) is 2.41. The van der Waals surface area contributed by atoms with Crippen molar-refractivity contribution in [3.05, 3.63) is 51.9 Å². The first-order valence-electron chi connectivity index (χ1n) is 4.86. The van der Waals surface area contributed by atoms with E-state index in [0.29, 0.717) is 27.1 Å². The number of pyridine rings is 2. The van der Waals surface area contributed by atoms with Crippen molar-refractivity contribution in [2.75, 3.05) is 5.73 Å². The summed E-state index contributed by atoms with van der Waals surface area (Å²) in [4.78, 5) is 8.10. The van der Waals surface area contributed by atoms with E-state index in [1.54, 1.807) is 18.2 Å². The molecule has 88 valence electrons. The van der Waals surface area contributed by atoms with Crippen LogP contribution in [-0.2, 0) is 0 Å². The first kappa shape index (κ1) is 12.1. The van der Waals surface area contributed by atoms with E-state index in [2.05, 4.69) is 9.97 Å². The van der Waals surface area contributed by atoms with E-state index in [-0.39, 0.29) is 0 Å². The van der Waals surface area contributed by atoms with Crippen molar-refractivity contribution in [2.45, 2.75) is 6.04 Å². The van der Waals surface area contributed by atoms with Gasteiger partial charge in [0.25, 0.3) is 0 Å². The summed E-state index contributed by atoms with van der Waals surface area (Å²) in [5, 5.41) is 1.04. The van der Waals surface area contributed by atoms with E-state index >= 15 is 0 Å². The van der Waals surface area contributed by atoms with E-state index in [0.717, 1.165) is 0 Å². The van der Waals surface area contributed by atoms with Gasteiger partial charge in [-0.2, -0.15) is 0 Å². The molecule has 0 aliphatic heterocycles. The highest BCUT2D eigenvalue weighted by Crippen LogP contribution is 2.25. The number of aromatic nitrogens is 2. The van der Waals surface area contributed by atoms with Crippen LogP contribution in [0.4, 0.5) is 5.82 Å². The van der Waals surface area contributed by atoms with Crippen LogP contribution in [-0.4, -0.2) is 9.97 Å². The Labute approximate surface area is 109 Å². The molecule has 0 amide bonds. The molecule has 0 aliphatic rings. The lowest BCUT2D eigenvalue weighted by atomic mass is 10.1. The van der Waals surface area contributed by atoms with Crippen LogP contribution in [0.1, 0.15) is 17.3 Å². The third-order valence-electron chi connectivity index (χ3n) is 2.32. The Morgan fingerprint density at radius 2 is 1.76 bits per heavy atom. The summed E-state index contributed by atoms with van der Waals surface area (Å²) in [6.45, 7) is 0. The summed E-state index contributed by atoms with van der Waals surface area (Å²) in [5.74, 6) is 0.346. The molecule has 0 fully saturated rings. The fourth-order valence-electron chi connectivity index (χ4n) is 1.45. The second-order valence-corrected chi connectivity index (χ2v) is 4.38. The highest BCUT2D eigenvalue weighted by molar-refractivity contribution is 6.30. The lowest BCUT2D eigenvalue weighted by Gasteiger charge is -2.13. The molecule has 0 radical (unpaired) electrons. The number of nitrogens with two attached hydrogens (primary N) is 2. The minimum atomic E-state index is -0.474. The number of nitrogens with zero attached hydrogens (tertiary/aromatic N) is 2. The van der Waals surface area contributed by atoms with Gasteiger partial charge in [-0.3, -0.25) is 4.98 Å². The van der Waals surface area contributed by atoms with Gasteiger partial charge in [-0.15, -0.1) is 0 Å². The molecule has 4 nitrogen and oxygen atoms in total. The molecule has 1 unspecified atom stereocenters. The Morgan fingerprint density at radius 1 is 1.06 bits per heavy atom. The third kappa shape index (κ3) is 2.66. The topological polar surface area (TPSA) is 77.8 Å². The molecule has 4 N–H and O–H groups in total. The molecule has 0 aliphatic carbocycles. The van der Waals surface area contributed by atoms with Gasteiger partial charge < -0.3 is 11.5 Å². The molecule has 2 aromatic heterocycles. The molecule has 1 atom stereocenters. The zero-order valence-electron chi connectivity index (χ0n) is 8.77. The Bertz CT molecular complexity index is 527.